The molecule has 0 atom stereocenters. The Kier molecular flexibility index (Phi) is 3.83. The zero-order valence-corrected chi connectivity index (χ0v) is 12.6. The van der Waals surface area contributed by atoms with Crippen LogP contribution in [-0.2, 0) is 6.42 Å². The van der Waals surface area contributed by atoms with E-state index in [0.29, 0.717) is 22.9 Å². The molecular formula is C16H11Cl2N3. The lowest BCUT2D eigenvalue weighted by Gasteiger charge is -2.10. The summed E-state index contributed by atoms with van der Waals surface area (Å²) in [4.78, 5) is 4.59. The van der Waals surface area contributed by atoms with Gasteiger partial charge in [0.25, 0.3) is 0 Å². The Balaban J connectivity index is 2.37. The molecule has 0 bridgehead atoms. The summed E-state index contributed by atoms with van der Waals surface area (Å²) in [5, 5.41) is 9.92. The molecule has 0 aliphatic heterocycles. The number of aryl methyl sites for hydroxylation is 1. The molecule has 3 nitrogen and oxygen atoms in total. The smallest absolute Gasteiger partial charge is 0.115 e. The van der Waals surface area contributed by atoms with Crippen molar-refractivity contribution in [1.29, 1.82) is 5.26 Å². The van der Waals surface area contributed by atoms with Crippen LogP contribution in [0.5, 0.6) is 0 Å². The molecule has 0 saturated carbocycles. The number of hydrogen-bond donors (Lipinski definition) is 0. The monoisotopic (exact) mass is 315 g/mol. The van der Waals surface area contributed by atoms with Gasteiger partial charge >= 0.3 is 0 Å². The number of imidazole rings is 1. The van der Waals surface area contributed by atoms with Crippen LogP contribution in [0.3, 0.4) is 0 Å². The lowest BCUT2D eigenvalue weighted by Crippen LogP contribution is -2.04. The zero-order valence-electron chi connectivity index (χ0n) is 11.1. The average Bonchev–Trinajstić information content (AvgIpc) is 2.87. The molecule has 1 aromatic heterocycles. The van der Waals surface area contributed by atoms with Gasteiger partial charge in [0.05, 0.1) is 21.8 Å². The zero-order chi connectivity index (χ0) is 14.8. The Morgan fingerprint density at radius 3 is 2.71 bits per heavy atom. The molecule has 0 aliphatic rings. The van der Waals surface area contributed by atoms with Crippen molar-refractivity contribution in [2.45, 2.75) is 6.42 Å². The second-order valence-electron chi connectivity index (χ2n) is 4.54. The van der Waals surface area contributed by atoms with Gasteiger partial charge in [0.15, 0.2) is 0 Å². The maximum Gasteiger partial charge on any atom is 0.115 e. The van der Waals surface area contributed by atoms with Crippen LogP contribution in [0.1, 0.15) is 11.4 Å². The van der Waals surface area contributed by atoms with Crippen molar-refractivity contribution >= 4 is 34.2 Å². The summed E-state index contributed by atoms with van der Waals surface area (Å²) >= 11 is 12.1. The highest BCUT2D eigenvalue weighted by molar-refractivity contribution is 6.35. The molecule has 21 heavy (non-hydrogen) atoms. The number of nitriles is 1. The van der Waals surface area contributed by atoms with E-state index in [-0.39, 0.29) is 0 Å². The first-order valence-corrected chi connectivity index (χ1v) is 7.39. The van der Waals surface area contributed by atoms with Gasteiger partial charge in [0, 0.05) is 12.3 Å². The third-order valence-corrected chi connectivity index (χ3v) is 3.78. The van der Waals surface area contributed by atoms with Crippen LogP contribution in [0.2, 0.25) is 5.02 Å². The first kappa shape index (κ1) is 13.9. The van der Waals surface area contributed by atoms with Gasteiger partial charge in [-0.15, -0.1) is 11.6 Å². The number of alkyl halides is 1. The highest BCUT2D eigenvalue weighted by atomic mass is 35.5. The van der Waals surface area contributed by atoms with Crippen molar-refractivity contribution in [3.63, 3.8) is 0 Å². The molecule has 0 amide bonds. The summed E-state index contributed by atoms with van der Waals surface area (Å²) in [6, 6.07) is 15.3. The van der Waals surface area contributed by atoms with Crippen LogP contribution in [0, 0.1) is 11.3 Å². The second kappa shape index (κ2) is 5.77. The lowest BCUT2D eigenvalue weighted by molar-refractivity contribution is 0.910. The van der Waals surface area contributed by atoms with Crippen molar-refractivity contribution in [3.05, 3.63) is 58.9 Å². The van der Waals surface area contributed by atoms with Gasteiger partial charge in [0.2, 0.25) is 0 Å². The number of para-hydroxylation sites is 2. The van der Waals surface area contributed by atoms with E-state index in [9.17, 15) is 5.26 Å². The fourth-order valence-corrected chi connectivity index (χ4v) is 2.78. The highest BCUT2D eigenvalue weighted by Gasteiger charge is 2.16. The summed E-state index contributed by atoms with van der Waals surface area (Å²) < 4.78 is 1.96. The quantitative estimate of drug-likeness (QED) is 0.675. The fourth-order valence-electron chi connectivity index (χ4n) is 2.40. The van der Waals surface area contributed by atoms with Gasteiger partial charge in [-0.05, 0) is 24.3 Å². The molecule has 5 heteroatoms. The SMILES string of the molecule is N#Cc1ccccc1-n1c(CCCl)nc2c(Cl)cccc21. The van der Waals surface area contributed by atoms with Gasteiger partial charge in [-0.25, -0.2) is 4.98 Å². The van der Waals surface area contributed by atoms with Crippen LogP contribution >= 0.6 is 23.2 Å². The molecule has 0 unspecified atom stereocenters. The molecule has 0 radical (unpaired) electrons. The fraction of sp³-hybridized carbons (Fsp3) is 0.125. The van der Waals surface area contributed by atoms with Crippen molar-refractivity contribution in [2.24, 2.45) is 0 Å². The largest absolute Gasteiger partial charge is 0.295 e. The first-order chi connectivity index (χ1) is 10.3. The van der Waals surface area contributed by atoms with Gasteiger partial charge < -0.3 is 0 Å². The summed E-state index contributed by atoms with van der Waals surface area (Å²) in [6.45, 7) is 0. The van der Waals surface area contributed by atoms with Crippen LogP contribution in [0.25, 0.3) is 16.7 Å². The van der Waals surface area contributed by atoms with E-state index in [4.69, 9.17) is 23.2 Å². The molecule has 1 heterocycles. The predicted octanol–water partition coefficient (Wildman–Crippen LogP) is 4.33. The number of nitrogens with zero attached hydrogens (tertiary/aromatic N) is 3. The lowest BCUT2D eigenvalue weighted by atomic mass is 10.2. The summed E-state index contributed by atoms with van der Waals surface area (Å²) in [6.07, 6.45) is 0.603. The number of benzene rings is 2. The average molecular weight is 316 g/mol. The summed E-state index contributed by atoms with van der Waals surface area (Å²) in [5.41, 5.74) is 3.00. The van der Waals surface area contributed by atoms with Crippen LogP contribution in [-0.4, -0.2) is 15.4 Å². The van der Waals surface area contributed by atoms with Crippen molar-refractivity contribution in [3.8, 4) is 11.8 Å². The Morgan fingerprint density at radius 2 is 1.95 bits per heavy atom. The molecule has 0 N–H and O–H groups in total. The van der Waals surface area contributed by atoms with Crippen molar-refractivity contribution in [2.75, 3.05) is 5.88 Å². The van der Waals surface area contributed by atoms with E-state index in [1.165, 1.54) is 0 Å². The maximum atomic E-state index is 9.33. The number of halogens is 2. The first-order valence-electron chi connectivity index (χ1n) is 6.47. The topological polar surface area (TPSA) is 41.6 Å². The van der Waals surface area contributed by atoms with E-state index in [0.717, 1.165) is 22.5 Å². The molecule has 0 fully saturated rings. The van der Waals surface area contributed by atoms with E-state index in [1.807, 2.05) is 41.0 Å². The van der Waals surface area contributed by atoms with Crippen molar-refractivity contribution < 1.29 is 0 Å². The van der Waals surface area contributed by atoms with Crippen molar-refractivity contribution in [1.82, 2.24) is 9.55 Å². The van der Waals surface area contributed by atoms with Crippen LogP contribution in [0.4, 0.5) is 0 Å². The highest BCUT2D eigenvalue weighted by Crippen LogP contribution is 2.28. The third kappa shape index (κ3) is 2.37. The Morgan fingerprint density at radius 1 is 1.14 bits per heavy atom. The minimum atomic E-state index is 0.454. The summed E-state index contributed by atoms with van der Waals surface area (Å²) in [5.74, 6) is 1.26. The van der Waals surface area contributed by atoms with E-state index in [2.05, 4.69) is 11.1 Å². The normalized spacial score (nSPS) is 10.7. The molecule has 0 aliphatic carbocycles. The summed E-state index contributed by atoms with van der Waals surface area (Å²) in [7, 11) is 0. The molecular weight excluding hydrogens is 305 g/mol. The minimum absolute atomic E-state index is 0.454. The Bertz CT molecular complexity index is 846. The maximum absolute atomic E-state index is 9.33. The van der Waals surface area contributed by atoms with Crippen LogP contribution < -0.4 is 0 Å². The Labute approximate surface area is 132 Å². The van der Waals surface area contributed by atoms with Crippen LogP contribution in [0.15, 0.2) is 42.5 Å². The third-order valence-electron chi connectivity index (χ3n) is 3.29. The number of aromatic nitrogens is 2. The molecule has 0 spiro atoms. The molecule has 0 saturated heterocycles. The van der Waals surface area contributed by atoms with E-state index >= 15 is 0 Å². The van der Waals surface area contributed by atoms with E-state index in [1.54, 1.807) is 6.07 Å². The molecule has 3 aromatic rings. The van der Waals surface area contributed by atoms with Gasteiger partial charge in [-0.2, -0.15) is 5.26 Å². The number of hydrogen-bond acceptors (Lipinski definition) is 2. The van der Waals surface area contributed by atoms with Gasteiger partial charge in [0.1, 0.15) is 17.4 Å². The molecule has 2 aromatic carbocycles. The second-order valence-corrected chi connectivity index (χ2v) is 5.32. The van der Waals surface area contributed by atoms with Gasteiger partial charge in [-0.3, -0.25) is 4.57 Å². The predicted molar refractivity (Wildman–Crippen MR) is 85.2 cm³/mol. The Hall–Kier alpha value is -2.02. The van der Waals surface area contributed by atoms with E-state index < -0.39 is 0 Å². The minimum Gasteiger partial charge on any atom is -0.295 e. The van der Waals surface area contributed by atoms with Gasteiger partial charge in [-0.1, -0.05) is 29.8 Å². The number of fused-ring (bicyclic) bond motifs is 1. The molecule has 104 valence electrons. The molecule has 3 rings (SSSR count). The standard InChI is InChI=1S/C16H11Cl2N3/c17-9-8-15-20-16-12(18)5-3-7-14(16)21(15)13-6-2-1-4-11(13)10-19/h1-7H,8-9H2. The number of rotatable bonds is 3.